The summed E-state index contributed by atoms with van der Waals surface area (Å²) < 4.78 is 0. The molecule has 1 heterocycles. The molecule has 7 heteroatoms. The highest BCUT2D eigenvalue weighted by Crippen LogP contribution is 2.27. The van der Waals surface area contributed by atoms with Crippen LogP contribution in [-0.4, -0.2) is 21.7 Å². The van der Waals surface area contributed by atoms with Crippen molar-refractivity contribution in [3.63, 3.8) is 0 Å². The smallest absolute Gasteiger partial charge is 0.324 e. The van der Waals surface area contributed by atoms with Crippen molar-refractivity contribution in [3.8, 4) is 0 Å². The third-order valence-electron chi connectivity index (χ3n) is 2.74. The number of halogens is 1. The van der Waals surface area contributed by atoms with Gasteiger partial charge in [-0.3, -0.25) is 14.9 Å². The van der Waals surface area contributed by atoms with E-state index < -0.39 is 4.92 Å². The molecule has 92 valence electrons. The molecule has 0 saturated heterocycles. The van der Waals surface area contributed by atoms with Crippen molar-refractivity contribution in [1.29, 1.82) is 0 Å². The lowest BCUT2D eigenvalue weighted by molar-refractivity contribution is -0.380. The van der Waals surface area contributed by atoms with Crippen LogP contribution in [0, 0.1) is 10.1 Å². The molecule has 1 aromatic rings. The SMILES string of the molecule is O=C(NC1CCCC1Br)c1ccc([N+](=O)[O-])s1. The van der Waals surface area contributed by atoms with Gasteiger partial charge in [-0.2, -0.15) is 0 Å². The Morgan fingerprint density at radius 2 is 2.29 bits per heavy atom. The maximum atomic E-state index is 11.8. The van der Waals surface area contributed by atoms with Crippen molar-refractivity contribution in [1.82, 2.24) is 5.32 Å². The summed E-state index contributed by atoms with van der Waals surface area (Å²) in [6, 6.07) is 2.99. The number of alkyl halides is 1. The summed E-state index contributed by atoms with van der Waals surface area (Å²) >= 11 is 4.42. The van der Waals surface area contributed by atoms with Crippen LogP contribution in [0.3, 0.4) is 0 Å². The van der Waals surface area contributed by atoms with Crippen molar-refractivity contribution < 1.29 is 9.72 Å². The number of nitrogens with one attached hydrogen (secondary N) is 1. The molecular weight excluding hydrogens is 308 g/mol. The number of amides is 1. The molecule has 1 aliphatic carbocycles. The standard InChI is InChI=1S/C10H11BrN2O3S/c11-6-2-1-3-7(6)12-10(14)8-4-5-9(17-8)13(15)16/h4-7H,1-3H2,(H,12,14). The van der Waals surface area contributed by atoms with E-state index in [0.717, 1.165) is 30.6 Å². The number of nitrogens with zero attached hydrogens (tertiary/aromatic N) is 1. The summed E-state index contributed by atoms with van der Waals surface area (Å²) in [7, 11) is 0. The lowest BCUT2D eigenvalue weighted by Crippen LogP contribution is -2.37. The van der Waals surface area contributed by atoms with Gasteiger partial charge in [-0.25, -0.2) is 0 Å². The topological polar surface area (TPSA) is 72.2 Å². The summed E-state index contributed by atoms with van der Waals surface area (Å²) in [4.78, 5) is 22.6. The quantitative estimate of drug-likeness (QED) is 0.529. The van der Waals surface area contributed by atoms with Crippen LogP contribution in [0.25, 0.3) is 0 Å². The number of hydrogen-bond acceptors (Lipinski definition) is 4. The first-order chi connectivity index (χ1) is 8.08. The molecule has 1 aromatic heterocycles. The Morgan fingerprint density at radius 1 is 1.53 bits per heavy atom. The average molecular weight is 319 g/mol. The van der Waals surface area contributed by atoms with Gasteiger partial charge in [0.15, 0.2) is 0 Å². The van der Waals surface area contributed by atoms with Gasteiger partial charge < -0.3 is 5.32 Å². The van der Waals surface area contributed by atoms with Gasteiger partial charge in [0.05, 0.1) is 9.80 Å². The van der Waals surface area contributed by atoms with Crippen LogP contribution in [0.2, 0.25) is 0 Å². The highest BCUT2D eigenvalue weighted by atomic mass is 79.9. The Morgan fingerprint density at radius 3 is 2.82 bits per heavy atom. The zero-order valence-corrected chi connectivity index (χ0v) is 11.3. The molecule has 1 fully saturated rings. The van der Waals surface area contributed by atoms with Crippen LogP contribution < -0.4 is 5.32 Å². The maximum Gasteiger partial charge on any atom is 0.324 e. The third kappa shape index (κ3) is 2.84. The molecule has 1 amide bonds. The molecule has 1 aliphatic rings. The summed E-state index contributed by atoms with van der Waals surface area (Å²) in [6.07, 6.45) is 3.09. The second kappa shape index (κ2) is 5.14. The van der Waals surface area contributed by atoms with Crippen LogP contribution in [0.1, 0.15) is 28.9 Å². The van der Waals surface area contributed by atoms with Crippen molar-refractivity contribution in [2.45, 2.75) is 30.1 Å². The van der Waals surface area contributed by atoms with Crippen molar-refractivity contribution >= 4 is 38.2 Å². The molecule has 2 rings (SSSR count). The molecular formula is C10H11BrN2O3S. The Kier molecular flexibility index (Phi) is 3.78. The molecule has 0 radical (unpaired) electrons. The second-order valence-electron chi connectivity index (χ2n) is 3.92. The van der Waals surface area contributed by atoms with Crippen LogP contribution >= 0.6 is 27.3 Å². The van der Waals surface area contributed by atoms with Gasteiger partial charge in [-0.05, 0) is 18.9 Å². The highest BCUT2D eigenvalue weighted by Gasteiger charge is 2.27. The van der Waals surface area contributed by atoms with Crippen LogP contribution in [0.15, 0.2) is 12.1 Å². The largest absolute Gasteiger partial charge is 0.347 e. The van der Waals surface area contributed by atoms with E-state index >= 15 is 0 Å². The number of carbonyl (C=O) groups is 1. The predicted octanol–water partition coefficient (Wildman–Crippen LogP) is 2.70. The molecule has 2 unspecified atom stereocenters. The predicted molar refractivity (Wildman–Crippen MR) is 68.8 cm³/mol. The van der Waals surface area contributed by atoms with E-state index in [2.05, 4.69) is 21.2 Å². The minimum Gasteiger partial charge on any atom is -0.347 e. The number of thiophene rings is 1. The first-order valence-electron chi connectivity index (χ1n) is 5.27. The van der Waals surface area contributed by atoms with Crippen molar-refractivity contribution in [3.05, 3.63) is 27.1 Å². The van der Waals surface area contributed by atoms with Crippen molar-refractivity contribution in [2.24, 2.45) is 0 Å². The van der Waals surface area contributed by atoms with E-state index in [1.54, 1.807) is 0 Å². The van der Waals surface area contributed by atoms with E-state index in [9.17, 15) is 14.9 Å². The van der Waals surface area contributed by atoms with E-state index in [0.29, 0.717) is 9.70 Å². The Bertz CT molecular complexity index is 449. The van der Waals surface area contributed by atoms with E-state index in [1.807, 2.05) is 0 Å². The summed E-state index contributed by atoms with van der Waals surface area (Å²) in [5, 5.41) is 13.4. The number of rotatable bonds is 3. The molecule has 0 spiro atoms. The first-order valence-corrected chi connectivity index (χ1v) is 7.00. The zero-order valence-electron chi connectivity index (χ0n) is 8.89. The van der Waals surface area contributed by atoms with Gasteiger partial charge in [0.25, 0.3) is 5.91 Å². The fourth-order valence-electron chi connectivity index (χ4n) is 1.86. The van der Waals surface area contributed by atoms with Crippen LogP contribution in [0.5, 0.6) is 0 Å². The second-order valence-corrected chi connectivity index (χ2v) is 6.16. The molecule has 5 nitrogen and oxygen atoms in total. The number of hydrogen-bond donors (Lipinski definition) is 1. The van der Waals surface area contributed by atoms with Crippen LogP contribution in [-0.2, 0) is 0 Å². The van der Waals surface area contributed by atoms with Gasteiger partial charge in [0, 0.05) is 16.9 Å². The molecule has 17 heavy (non-hydrogen) atoms. The third-order valence-corrected chi connectivity index (χ3v) is 4.88. The van der Waals surface area contributed by atoms with E-state index in [4.69, 9.17) is 0 Å². The lowest BCUT2D eigenvalue weighted by Gasteiger charge is -2.14. The fourth-order valence-corrected chi connectivity index (χ4v) is 3.31. The van der Waals surface area contributed by atoms with Crippen LogP contribution in [0.4, 0.5) is 5.00 Å². The molecule has 0 aliphatic heterocycles. The first kappa shape index (κ1) is 12.5. The van der Waals surface area contributed by atoms with Crippen molar-refractivity contribution in [2.75, 3.05) is 0 Å². The molecule has 2 atom stereocenters. The molecule has 1 saturated carbocycles. The Labute approximate surface area is 110 Å². The Balaban J connectivity index is 2.01. The summed E-state index contributed by atoms with van der Waals surface area (Å²) in [5.74, 6) is -0.223. The number of nitro groups is 1. The summed E-state index contributed by atoms with van der Waals surface area (Å²) in [6.45, 7) is 0. The van der Waals surface area contributed by atoms with Gasteiger partial charge in [-0.15, -0.1) is 0 Å². The minimum absolute atomic E-state index is 0.00281. The lowest BCUT2D eigenvalue weighted by atomic mass is 10.2. The normalized spacial score (nSPS) is 23.6. The average Bonchev–Trinajstić information content (AvgIpc) is 2.88. The van der Waals surface area contributed by atoms with E-state index in [-0.39, 0.29) is 17.0 Å². The Hall–Kier alpha value is -0.950. The fraction of sp³-hybridized carbons (Fsp3) is 0.500. The minimum atomic E-state index is -0.482. The van der Waals surface area contributed by atoms with Gasteiger partial charge in [0.1, 0.15) is 0 Å². The van der Waals surface area contributed by atoms with Gasteiger partial charge in [-0.1, -0.05) is 33.7 Å². The molecule has 0 aromatic carbocycles. The van der Waals surface area contributed by atoms with Gasteiger partial charge >= 0.3 is 5.00 Å². The number of carbonyl (C=O) groups excluding carboxylic acids is 1. The monoisotopic (exact) mass is 318 g/mol. The molecule has 1 N–H and O–H groups in total. The summed E-state index contributed by atoms with van der Waals surface area (Å²) in [5.41, 5.74) is 0. The van der Waals surface area contributed by atoms with Gasteiger partial charge in [0.2, 0.25) is 0 Å². The van der Waals surface area contributed by atoms with E-state index in [1.165, 1.54) is 12.1 Å². The highest BCUT2D eigenvalue weighted by molar-refractivity contribution is 9.09. The molecule has 0 bridgehead atoms. The maximum absolute atomic E-state index is 11.8. The zero-order chi connectivity index (χ0) is 12.4.